The Bertz CT molecular complexity index is 1080. The van der Waals surface area contributed by atoms with Crippen molar-refractivity contribution in [1.82, 2.24) is 0 Å². The molecule has 6 nitrogen and oxygen atoms in total. The number of fused-ring (bicyclic) bond motifs is 4. The molecule has 0 bridgehead atoms. The molecule has 3 aliphatic carbocycles. The van der Waals surface area contributed by atoms with E-state index in [-0.39, 0.29) is 59.7 Å². The number of esters is 1. The highest BCUT2D eigenvalue weighted by molar-refractivity contribution is 5.97. The molecule has 3 heterocycles. The summed E-state index contributed by atoms with van der Waals surface area (Å²) in [5, 5.41) is 0. The van der Waals surface area contributed by atoms with E-state index in [0.29, 0.717) is 6.61 Å². The van der Waals surface area contributed by atoms with Crippen molar-refractivity contribution in [1.29, 1.82) is 0 Å². The molecule has 9 atom stereocenters. The van der Waals surface area contributed by atoms with Gasteiger partial charge in [0.05, 0.1) is 44.7 Å². The zero-order valence-electron chi connectivity index (χ0n) is 19.9. The zero-order valence-corrected chi connectivity index (χ0v) is 19.9. The van der Waals surface area contributed by atoms with Crippen LogP contribution in [0.2, 0.25) is 0 Å². The van der Waals surface area contributed by atoms with E-state index in [1.807, 2.05) is 18.2 Å². The molecule has 6 rings (SSSR count). The van der Waals surface area contributed by atoms with Crippen LogP contribution in [0.5, 0.6) is 0 Å². The fourth-order valence-corrected chi connectivity index (χ4v) is 8.50. The standard InChI is InChI=1S/C27H32O6/c1-14-15(16-7-6-10-31-16)11-17-21(14)27(4)18(12-20(29)30-5)26(3)19(28)8-9-25(2)13-32-22(23(25)26)24(27)33-17/h6-10,15,17-18,22-24H,11-13H2,1-5H3. The quantitative estimate of drug-likeness (QED) is 0.505. The molecule has 2 saturated heterocycles. The molecular formula is C27H32O6. The summed E-state index contributed by atoms with van der Waals surface area (Å²) in [6.45, 7) is 9.14. The van der Waals surface area contributed by atoms with Gasteiger partial charge in [-0.25, -0.2) is 0 Å². The minimum Gasteiger partial charge on any atom is -0.469 e. The molecule has 9 unspecified atom stereocenters. The predicted octanol–water partition coefficient (Wildman–Crippen LogP) is 4.22. The number of ether oxygens (including phenoxy) is 3. The van der Waals surface area contributed by atoms with Crippen molar-refractivity contribution in [2.75, 3.05) is 13.7 Å². The van der Waals surface area contributed by atoms with Crippen LogP contribution in [0, 0.1) is 28.1 Å². The summed E-state index contributed by atoms with van der Waals surface area (Å²) in [4.78, 5) is 26.4. The number of carbonyl (C=O) groups is 2. The maximum Gasteiger partial charge on any atom is 0.305 e. The third-order valence-corrected chi connectivity index (χ3v) is 9.85. The molecule has 5 aliphatic rings. The van der Waals surface area contributed by atoms with Crippen molar-refractivity contribution >= 4 is 11.8 Å². The van der Waals surface area contributed by atoms with Crippen molar-refractivity contribution in [2.24, 2.45) is 28.1 Å². The van der Waals surface area contributed by atoms with Gasteiger partial charge in [-0.2, -0.15) is 0 Å². The first kappa shape index (κ1) is 21.4. The van der Waals surface area contributed by atoms with Crippen LogP contribution < -0.4 is 0 Å². The molecule has 0 amide bonds. The Balaban J connectivity index is 1.56. The van der Waals surface area contributed by atoms with Crippen LogP contribution in [0.4, 0.5) is 0 Å². The Kier molecular flexibility index (Phi) is 4.33. The average Bonchev–Trinajstić information content (AvgIpc) is 3.54. The summed E-state index contributed by atoms with van der Waals surface area (Å²) in [6, 6.07) is 3.93. The van der Waals surface area contributed by atoms with Gasteiger partial charge in [0.15, 0.2) is 5.78 Å². The van der Waals surface area contributed by atoms with Gasteiger partial charge < -0.3 is 18.6 Å². The lowest BCUT2D eigenvalue weighted by atomic mass is 9.42. The summed E-state index contributed by atoms with van der Waals surface area (Å²) in [5.41, 5.74) is 0.924. The Labute approximate surface area is 194 Å². The number of carbonyl (C=O) groups excluding carboxylic acids is 2. The zero-order chi connectivity index (χ0) is 23.3. The Morgan fingerprint density at radius 2 is 2.03 bits per heavy atom. The van der Waals surface area contributed by atoms with E-state index in [0.717, 1.165) is 12.2 Å². The van der Waals surface area contributed by atoms with Gasteiger partial charge in [0.25, 0.3) is 0 Å². The van der Waals surface area contributed by atoms with Crippen LogP contribution in [-0.2, 0) is 23.8 Å². The van der Waals surface area contributed by atoms with Crippen molar-refractivity contribution in [3.8, 4) is 0 Å². The number of methoxy groups -OCH3 is 1. The maximum absolute atomic E-state index is 13.7. The number of furan rings is 1. The molecule has 1 aromatic rings. The molecule has 176 valence electrons. The van der Waals surface area contributed by atoms with E-state index >= 15 is 0 Å². The van der Waals surface area contributed by atoms with Crippen LogP contribution >= 0.6 is 0 Å². The maximum atomic E-state index is 13.7. The molecule has 2 aliphatic heterocycles. The van der Waals surface area contributed by atoms with Crippen LogP contribution in [0.15, 0.2) is 46.1 Å². The van der Waals surface area contributed by atoms with Gasteiger partial charge in [0.1, 0.15) is 5.76 Å². The smallest absolute Gasteiger partial charge is 0.305 e. The van der Waals surface area contributed by atoms with Crippen molar-refractivity contribution in [3.05, 3.63) is 47.5 Å². The number of hydrogen-bond acceptors (Lipinski definition) is 6. The molecule has 1 saturated carbocycles. The second kappa shape index (κ2) is 6.70. The molecule has 3 fully saturated rings. The fourth-order valence-electron chi connectivity index (χ4n) is 8.50. The predicted molar refractivity (Wildman–Crippen MR) is 119 cm³/mol. The molecule has 0 aromatic carbocycles. The minimum absolute atomic E-state index is 0.0455. The number of ketones is 1. The Hall–Kier alpha value is -2.18. The molecule has 0 N–H and O–H groups in total. The number of rotatable bonds is 3. The first-order valence-electron chi connectivity index (χ1n) is 12.0. The van der Waals surface area contributed by atoms with Gasteiger partial charge in [-0.05, 0) is 43.0 Å². The van der Waals surface area contributed by atoms with Crippen LogP contribution in [0.1, 0.15) is 52.2 Å². The second-order valence-corrected chi connectivity index (χ2v) is 11.3. The lowest BCUT2D eigenvalue weighted by Gasteiger charge is -2.60. The third kappa shape index (κ3) is 2.46. The lowest BCUT2D eigenvalue weighted by Crippen LogP contribution is -2.66. The first-order valence-corrected chi connectivity index (χ1v) is 12.0. The molecule has 0 radical (unpaired) electrons. The van der Waals surface area contributed by atoms with E-state index in [4.69, 9.17) is 18.6 Å². The van der Waals surface area contributed by atoms with Gasteiger partial charge in [-0.1, -0.05) is 32.4 Å². The van der Waals surface area contributed by atoms with E-state index in [9.17, 15) is 9.59 Å². The number of hydrogen-bond donors (Lipinski definition) is 0. The lowest BCUT2D eigenvalue weighted by molar-refractivity contribution is -0.188. The highest BCUT2D eigenvalue weighted by Crippen LogP contribution is 2.71. The first-order chi connectivity index (χ1) is 15.7. The van der Waals surface area contributed by atoms with Gasteiger partial charge in [-0.15, -0.1) is 0 Å². The van der Waals surface area contributed by atoms with Gasteiger partial charge in [-0.3, -0.25) is 9.59 Å². The van der Waals surface area contributed by atoms with Crippen LogP contribution in [0.25, 0.3) is 0 Å². The molecule has 0 spiro atoms. The van der Waals surface area contributed by atoms with Gasteiger partial charge >= 0.3 is 5.97 Å². The molecule has 6 heteroatoms. The highest BCUT2D eigenvalue weighted by atomic mass is 16.6. The van der Waals surface area contributed by atoms with Crippen LogP contribution in [-0.4, -0.2) is 43.8 Å². The van der Waals surface area contributed by atoms with Gasteiger partial charge in [0, 0.05) is 28.1 Å². The second-order valence-electron chi connectivity index (χ2n) is 11.3. The fraction of sp³-hybridized carbons (Fsp3) is 0.630. The summed E-state index contributed by atoms with van der Waals surface area (Å²) in [6.07, 6.45) is 5.97. The van der Waals surface area contributed by atoms with Crippen LogP contribution in [0.3, 0.4) is 0 Å². The number of allylic oxidation sites excluding steroid dienone is 2. The average molecular weight is 453 g/mol. The SMILES string of the molecule is COC(=O)CC1C2(C)C3=C(C)C(c4ccco4)CC3OC2C2OCC3(C)C=CC(=O)C1(C)C23. The molecule has 33 heavy (non-hydrogen) atoms. The molecular weight excluding hydrogens is 420 g/mol. The normalized spacial score (nSPS) is 47.5. The minimum atomic E-state index is -0.752. The third-order valence-electron chi connectivity index (χ3n) is 9.85. The summed E-state index contributed by atoms with van der Waals surface area (Å²) in [5.74, 6) is 0.562. The Morgan fingerprint density at radius 3 is 2.73 bits per heavy atom. The summed E-state index contributed by atoms with van der Waals surface area (Å²) in [7, 11) is 1.42. The van der Waals surface area contributed by atoms with E-state index in [2.05, 4.69) is 27.7 Å². The molecule has 1 aromatic heterocycles. The van der Waals surface area contributed by atoms with Crippen molar-refractivity contribution < 1.29 is 28.2 Å². The van der Waals surface area contributed by atoms with E-state index < -0.39 is 10.8 Å². The highest BCUT2D eigenvalue weighted by Gasteiger charge is 2.75. The summed E-state index contributed by atoms with van der Waals surface area (Å²) < 4.78 is 24.2. The largest absolute Gasteiger partial charge is 0.469 e. The monoisotopic (exact) mass is 452 g/mol. The summed E-state index contributed by atoms with van der Waals surface area (Å²) >= 11 is 0. The van der Waals surface area contributed by atoms with E-state index in [1.54, 1.807) is 12.3 Å². The van der Waals surface area contributed by atoms with Crippen molar-refractivity contribution in [3.63, 3.8) is 0 Å². The van der Waals surface area contributed by atoms with Gasteiger partial charge in [0.2, 0.25) is 0 Å². The van der Waals surface area contributed by atoms with Crippen molar-refractivity contribution in [2.45, 2.75) is 64.8 Å². The Morgan fingerprint density at radius 1 is 1.24 bits per heavy atom. The van der Waals surface area contributed by atoms with E-state index in [1.165, 1.54) is 18.3 Å². The topological polar surface area (TPSA) is 75.0 Å².